The van der Waals surface area contributed by atoms with Crippen LogP contribution in [0.1, 0.15) is 11.3 Å². The zero-order valence-electron chi connectivity index (χ0n) is 10.4. The van der Waals surface area contributed by atoms with Crippen LogP contribution in [0.25, 0.3) is 5.57 Å². The van der Waals surface area contributed by atoms with Gasteiger partial charge in [0, 0.05) is 15.5 Å². The average molecular weight is 302 g/mol. The van der Waals surface area contributed by atoms with E-state index in [0.29, 0.717) is 22.5 Å². The van der Waals surface area contributed by atoms with Crippen LogP contribution in [-0.4, -0.2) is 17.6 Å². The van der Waals surface area contributed by atoms with Crippen molar-refractivity contribution < 1.29 is 9.59 Å². The van der Waals surface area contributed by atoms with Crippen molar-refractivity contribution in [3.63, 3.8) is 0 Å². The third-order valence-electron chi connectivity index (χ3n) is 3.40. The number of carbonyl (C=O) groups is 2. The molecule has 3 aliphatic rings. The average Bonchev–Trinajstić information content (AvgIpc) is 3.13. The maximum Gasteiger partial charge on any atom is 0.259 e. The quantitative estimate of drug-likeness (QED) is 0.878. The van der Waals surface area contributed by atoms with Gasteiger partial charge in [0.2, 0.25) is 0 Å². The first-order chi connectivity index (χ1) is 9.75. The van der Waals surface area contributed by atoms with Gasteiger partial charge in [-0.2, -0.15) is 0 Å². The van der Waals surface area contributed by atoms with Crippen molar-refractivity contribution in [2.45, 2.75) is 6.42 Å². The monoisotopic (exact) mass is 302 g/mol. The van der Waals surface area contributed by atoms with E-state index in [1.807, 2.05) is 17.5 Å². The van der Waals surface area contributed by atoms with Gasteiger partial charge in [0.15, 0.2) is 0 Å². The van der Waals surface area contributed by atoms with E-state index in [1.54, 1.807) is 11.8 Å². The summed E-state index contributed by atoms with van der Waals surface area (Å²) in [6, 6.07) is 3.79. The van der Waals surface area contributed by atoms with E-state index >= 15 is 0 Å². The van der Waals surface area contributed by atoms with Gasteiger partial charge in [-0.05, 0) is 17.9 Å². The summed E-state index contributed by atoms with van der Waals surface area (Å²) < 4.78 is 0. The van der Waals surface area contributed by atoms with Crippen LogP contribution in [0.15, 0.2) is 45.5 Å². The molecule has 4 heterocycles. The zero-order chi connectivity index (χ0) is 13.7. The molecule has 4 rings (SSSR count). The van der Waals surface area contributed by atoms with Gasteiger partial charge in [0.25, 0.3) is 11.8 Å². The molecular formula is C14H10N2O2S2. The standard InChI is InChI=1S/C14H10N2O2S2/c17-13-9(7-3-1-5-19-7)11-12(16-13)10(14(18)15-11)8-4-2-6-20-8/h1,3-5H,2,6H2,(H,15,18)(H,16,17). The van der Waals surface area contributed by atoms with Gasteiger partial charge in [-0.1, -0.05) is 12.1 Å². The van der Waals surface area contributed by atoms with E-state index in [1.165, 1.54) is 11.3 Å². The summed E-state index contributed by atoms with van der Waals surface area (Å²) >= 11 is 3.16. The molecule has 0 aromatic carbocycles. The lowest BCUT2D eigenvalue weighted by Gasteiger charge is -2.03. The van der Waals surface area contributed by atoms with Crippen LogP contribution in [0, 0.1) is 0 Å². The fraction of sp³-hybridized carbons (Fsp3) is 0.143. The Bertz CT molecular complexity index is 726. The molecule has 3 aliphatic heterocycles. The van der Waals surface area contributed by atoms with Crippen LogP contribution in [0.3, 0.4) is 0 Å². The summed E-state index contributed by atoms with van der Waals surface area (Å²) in [7, 11) is 0. The summed E-state index contributed by atoms with van der Waals surface area (Å²) in [6.45, 7) is 0. The molecule has 100 valence electrons. The first-order valence-corrected chi connectivity index (χ1v) is 8.11. The summed E-state index contributed by atoms with van der Waals surface area (Å²) in [5.41, 5.74) is 2.46. The first kappa shape index (κ1) is 12.0. The molecule has 6 heteroatoms. The summed E-state index contributed by atoms with van der Waals surface area (Å²) in [4.78, 5) is 26.2. The highest BCUT2D eigenvalue weighted by Crippen LogP contribution is 2.41. The van der Waals surface area contributed by atoms with Gasteiger partial charge in [0.05, 0.1) is 22.5 Å². The largest absolute Gasteiger partial charge is 0.319 e. The molecule has 0 bridgehead atoms. The summed E-state index contributed by atoms with van der Waals surface area (Å²) in [5, 5.41) is 7.62. The fourth-order valence-corrected chi connectivity index (χ4v) is 4.37. The highest BCUT2D eigenvalue weighted by atomic mass is 32.2. The zero-order valence-corrected chi connectivity index (χ0v) is 12.0. The predicted octanol–water partition coefficient (Wildman–Crippen LogP) is 1.99. The molecule has 2 amide bonds. The van der Waals surface area contributed by atoms with E-state index in [-0.39, 0.29) is 11.8 Å². The van der Waals surface area contributed by atoms with Gasteiger partial charge in [0.1, 0.15) is 0 Å². The van der Waals surface area contributed by atoms with Crippen molar-refractivity contribution in [1.29, 1.82) is 0 Å². The Hall–Kier alpha value is -1.79. The Morgan fingerprint density at radius 2 is 1.80 bits per heavy atom. The highest BCUT2D eigenvalue weighted by Gasteiger charge is 2.40. The van der Waals surface area contributed by atoms with Crippen LogP contribution >= 0.6 is 23.1 Å². The molecule has 0 aliphatic carbocycles. The molecule has 2 N–H and O–H groups in total. The topological polar surface area (TPSA) is 58.2 Å². The molecule has 0 saturated carbocycles. The van der Waals surface area contributed by atoms with Crippen molar-refractivity contribution in [2.75, 3.05) is 5.75 Å². The predicted molar refractivity (Wildman–Crippen MR) is 79.7 cm³/mol. The molecule has 1 aromatic heterocycles. The Morgan fingerprint density at radius 3 is 2.45 bits per heavy atom. The lowest BCUT2D eigenvalue weighted by Crippen LogP contribution is -2.20. The SMILES string of the molecule is O=C1NC2=C(c3cccs3)C(=O)NC2=C1C1=CCCS1. The number of thioether (sulfide) groups is 1. The van der Waals surface area contributed by atoms with E-state index in [2.05, 4.69) is 16.7 Å². The second-order valence-corrected chi connectivity index (χ2v) is 6.68. The van der Waals surface area contributed by atoms with Crippen molar-refractivity contribution in [2.24, 2.45) is 0 Å². The van der Waals surface area contributed by atoms with Crippen molar-refractivity contribution in [3.8, 4) is 0 Å². The number of allylic oxidation sites excluding steroid dienone is 1. The second-order valence-electron chi connectivity index (χ2n) is 4.59. The Kier molecular flexibility index (Phi) is 2.61. The van der Waals surface area contributed by atoms with Crippen LogP contribution < -0.4 is 10.6 Å². The van der Waals surface area contributed by atoms with Gasteiger partial charge in [-0.15, -0.1) is 23.1 Å². The van der Waals surface area contributed by atoms with Crippen molar-refractivity contribution >= 4 is 40.5 Å². The molecule has 0 radical (unpaired) electrons. The minimum absolute atomic E-state index is 0.121. The van der Waals surface area contributed by atoms with Gasteiger partial charge in [-0.3, -0.25) is 9.59 Å². The number of thiophene rings is 1. The number of amides is 2. The van der Waals surface area contributed by atoms with Gasteiger partial charge < -0.3 is 10.6 Å². The summed E-state index contributed by atoms with van der Waals surface area (Å²) in [5.74, 6) is 0.729. The molecule has 0 saturated heterocycles. The highest BCUT2D eigenvalue weighted by molar-refractivity contribution is 8.03. The number of fused-ring (bicyclic) bond motifs is 1. The number of hydrogen-bond acceptors (Lipinski definition) is 4. The van der Waals surface area contributed by atoms with Crippen molar-refractivity contribution in [3.05, 3.63) is 50.3 Å². The lowest BCUT2D eigenvalue weighted by atomic mass is 10.1. The lowest BCUT2D eigenvalue weighted by molar-refractivity contribution is -0.116. The van der Waals surface area contributed by atoms with Crippen LogP contribution in [0.5, 0.6) is 0 Å². The minimum atomic E-state index is -0.140. The molecule has 4 nitrogen and oxygen atoms in total. The molecule has 0 fully saturated rings. The van der Waals surface area contributed by atoms with Gasteiger partial charge in [-0.25, -0.2) is 0 Å². The van der Waals surface area contributed by atoms with Crippen molar-refractivity contribution in [1.82, 2.24) is 10.6 Å². The van der Waals surface area contributed by atoms with E-state index in [9.17, 15) is 9.59 Å². The first-order valence-electron chi connectivity index (χ1n) is 6.24. The normalized spacial score (nSPS) is 21.3. The van der Waals surface area contributed by atoms with E-state index < -0.39 is 0 Å². The van der Waals surface area contributed by atoms with Crippen LogP contribution in [0.2, 0.25) is 0 Å². The molecule has 0 unspecified atom stereocenters. The van der Waals surface area contributed by atoms with Crippen LogP contribution in [0.4, 0.5) is 0 Å². The minimum Gasteiger partial charge on any atom is -0.319 e. The number of nitrogens with one attached hydrogen (secondary N) is 2. The maximum absolute atomic E-state index is 12.2. The molecule has 0 spiro atoms. The maximum atomic E-state index is 12.2. The van der Waals surface area contributed by atoms with Gasteiger partial charge >= 0.3 is 0 Å². The summed E-state index contributed by atoms with van der Waals surface area (Å²) in [6.07, 6.45) is 3.03. The Morgan fingerprint density at radius 1 is 1.05 bits per heavy atom. The molecule has 20 heavy (non-hydrogen) atoms. The molecular weight excluding hydrogens is 292 g/mol. The number of hydrogen-bond donors (Lipinski definition) is 2. The smallest absolute Gasteiger partial charge is 0.259 e. The third-order valence-corrected chi connectivity index (χ3v) is 5.41. The van der Waals surface area contributed by atoms with Crippen LogP contribution in [-0.2, 0) is 9.59 Å². The molecule has 1 aromatic rings. The third kappa shape index (κ3) is 1.61. The molecule has 0 atom stereocenters. The van der Waals surface area contributed by atoms with E-state index in [0.717, 1.165) is 22.0 Å². The Labute approximate surface area is 123 Å². The number of carbonyl (C=O) groups excluding carboxylic acids is 2. The van der Waals surface area contributed by atoms with E-state index in [4.69, 9.17) is 0 Å². The second kappa shape index (κ2) is 4.36. The number of rotatable bonds is 2. The Balaban J connectivity index is 1.89. The fourth-order valence-electron chi connectivity index (χ4n) is 2.56.